The van der Waals surface area contributed by atoms with Crippen molar-refractivity contribution < 1.29 is 22.7 Å². The average Bonchev–Trinajstić information content (AvgIpc) is 2.86. The summed E-state index contributed by atoms with van der Waals surface area (Å²) in [6.07, 6.45) is -0.706. The number of alkyl halides is 3. The third-order valence-electron chi connectivity index (χ3n) is 3.30. The number of nitrogens with zero attached hydrogens (tertiary/aromatic N) is 2. The molecule has 0 fully saturated rings. The monoisotopic (exact) mass is 320 g/mol. The topological polar surface area (TPSA) is 44.1 Å². The Morgan fingerprint density at radius 2 is 1.91 bits per heavy atom. The van der Waals surface area contributed by atoms with Gasteiger partial charge in [-0.3, -0.25) is 9.78 Å². The van der Waals surface area contributed by atoms with E-state index in [-0.39, 0.29) is 5.75 Å². The highest BCUT2D eigenvalue weighted by Crippen LogP contribution is 2.24. The highest BCUT2D eigenvalue weighted by molar-refractivity contribution is 5.94. The van der Waals surface area contributed by atoms with Crippen molar-refractivity contribution in [2.75, 3.05) is 0 Å². The number of pyridine rings is 1. The molecule has 1 aromatic carbocycles. The van der Waals surface area contributed by atoms with Crippen LogP contribution in [0.15, 0.2) is 48.8 Å². The Hall–Kier alpha value is -2.83. The maximum absolute atomic E-state index is 12.1. The van der Waals surface area contributed by atoms with Crippen molar-refractivity contribution in [1.82, 2.24) is 9.55 Å². The minimum atomic E-state index is -4.71. The number of carbonyl (C=O) groups is 1. The number of hydrogen-bond acceptors (Lipinski definition) is 3. The van der Waals surface area contributed by atoms with Crippen LogP contribution in [0.2, 0.25) is 0 Å². The van der Waals surface area contributed by atoms with Gasteiger partial charge in [-0.1, -0.05) is 12.1 Å². The smallest absolute Gasteiger partial charge is 0.406 e. The first kappa shape index (κ1) is 15.1. The Morgan fingerprint density at radius 3 is 2.57 bits per heavy atom. The van der Waals surface area contributed by atoms with Gasteiger partial charge >= 0.3 is 6.36 Å². The minimum absolute atomic E-state index is 0.270. The van der Waals surface area contributed by atoms with E-state index in [9.17, 15) is 18.0 Å². The van der Waals surface area contributed by atoms with E-state index in [4.69, 9.17) is 0 Å². The fraction of sp³-hybridized carbons (Fsp3) is 0.125. The van der Waals surface area contributed by atoms with Crippen LogP contribution in [-0.4, -0.2) is 22.2 Å². The normalized spacial score (nSPS) is 11.6. The molecule has 4 nitrogen and oxygen atoms in total. The maximum atomic E-state index is 12.1. The van der Waals surface area contributed by atoms with Crippen LogP contribution in [0.3, 0.4) is 0 Å². The van der Waals surface area contributed by atoms with Crippen molar-refractivity contribution in [3.8, 4) is 5.75 Å². The Morgan fingerprint density at radius 1 is 1.17 bits per heavy atom. The number of benzene rings is 1. The quantitative estimate of drug-likeness (QED) is 0.687. The molecule has 0 N–H and O–H groups in total. The number of aromatic nitrogens is 2. The van der Waals surface area contributed by atoms with Gasteiger partial charge in [0.05, 0.1) is 16.6 Å². The summed E-state index contributed by atoms with van der Waals surface area (Å²) >= 11 is 0. The second-order valence-electron chi connectivity index (χ2n) is 4.89. The first-order valence-corrected chi connectivity index (χ1v) is 6.70. The Kier molecular flexibility index (Phi) is 3.77. The summed E-state index contributed by atoms with van der Waals surface area (Å²) in [6, 6.07) is 9.19. The predicted octanol–water partition coefficient (Wildman–Crippen LogP) is 3.80. The zero-order valence-electron chi connectivity index (χ0n) is 11.7. The minimum Gasteiger partial charge on any atom is -0.406 e. The average molecular weight is 320 g/mol. The number of rotatable bonds is 4. The molecule has 23 heavy (non-hydrogen) atoms. The first-order chi connectivity index (χ1) is 11.0. The molecule has 3 aromatic rings. The molecule has 0 atom stereocenters. The Balaban J connectivity index is 1.86. The predicted molar refractivity (Wildman–Crippen MR) is 77.3 cm³/mol. The van der Waals surface area contributed by atoms with Gasteiger partial charge in [-0.25, -0.2) is 0 Å². The molecule has 0 spiro atoms. The van der Waals surface area contributed by atoms with Crippen molar-refractivity contribution in [3.05, 3.63) is 59.9 Å². The lowest BCUT2D eigenvalue weighted by molar-refractivity contribution is -0.274. The van der Waals surface area contributed by atoms with Crippen molar-refractivity contribution in [1.29, 1.82) is 0 Å². The largest absolute Gasteiger partial charge is 0.573 e. The summed E-state index contributed by atoms with van der Waals surface area (Å²) in [5.41, 5.74) is 2.63. The number of carbonyl (C=O) groups excluding carboxylic acids is 1. The van der Waals surface area contributed by atoms with Crippen LogP contribution in [0, 0.1) is 0 Å². The van der Waals surface area contributed by atoms with Gasteiger partial charge in [0.15, 0.2) is 6.29 Å². The van der Waals surface area contributed by atoms with E-state index in [1.54, 1.807) is 30.6 Å². The van der Waals surface area contributed by atoms with Crippen molar-refractivity contribution >= 4 is 17.3 Å². The van der Waals surface area contributed by atoms with E-state index in [0.717, 1.165) is 17.4 Å². The summed E-state index contributed by atoms with van der Waals surface area (Å²) in [7, 11) is 0. The highest BCUT2D eigenvalue weighted by Gasteiger charge is 2.30. The summed E-state index contributed by atoms with van der Waals surface area (Å²) in [4.78, 5) is 15.3. The van der Waals surface area contributed by atoms with E-state index in [1.807, 2.05) is 10.6 Å². The first-order valence-electron chi connectivity index (χ1n) is 6.70. The van der Waals surface area contributed by atoms with Crippen LogP contribution in [-0.2, 0) is 6.54 Å². The number of ether oxygens (including phenoxy) is 1. The molecule has 0 unspecified atom stereocenters. The van der Waals surface area contributed by atoms with Gasteiger partial charge in [0, 0.05) is 18.9 Å². The van der Waals surface area contributed by atoms with Gasteiger partial charge in [0.25, 0.3) is 0 Å². The Labute approximate surface area is 129 Å². The van der Waals surface area contributed by atoms with Gasteiger partial charge in [0.2, 0.25) is 0 Å². The zero-order valence-corrected chi connectivity index (χ0v) is 11.7. The number of aldehydes is 1. The number of hydrogen-bond donors (Lipinski definition) is 0. The summed E-state index contributed by atoms with van der Waals surface area (Å²) in [6.45, 7) is 0.405. The van der Waals surface area contributed by atoms with E-state index < -0.39 is 6.36 Å². The maximum Gasteiger partial charge on any atom is 0.573 e. The lowest BCUT2D eigenvalue weighted by atomic mass is 10.2. The zero-order chi connectivity index (χ0) is 16.4. The van der Waals surface area contributed by atoms with Crippen LogP contribution >= 0.6 is 0 Å². The molecule has 0 aliphatic heterocycles. The van der Waals surface area contributed by atoms with Crippen LogP contribution < -0.4 is 4.74 Å². The van der Waals surface area contributed by atoms with E-state index in [2.05, 4.69) is 9.72 Å². The van der Waals surface area contributed by atoms with Crippen molar-refractivity contribution in [3.63, 3.8) is 0 Å². The van der Waals surface area contributed by atoms with Gasteiger partial charge < -0.3 is 9.30 Å². The third kappa shape index (κ3) is 3.33. The molecule has 2 heterocycles. The summed E-state index contributed by atoms with van der Waals surface area (Å²) in [5.74, 6) is -0.270. The standard InChI is InChI=1S/C16H11F3N2O2/c17-16(18,19)23-13-5-3-11(4-6-13)8-21-9-12(10-22)15-14(21)2-1-7-20-15/h1-7,9-10H,8H2. The molecule has 0 radical (unpaired) electrons. The number of halogens is 3. The van der Waals surface area contributed by atoms with Gasteiger partial charge in [-0.15, -0.1) is 13.2 Å². The molecule has 0 aliphatic carbocycles. The van der Waals surface area contributed by atoms with Crippen LogP contribution in [0.1, 0.15) is 15.9 Å². The fourth-order valence-electron chi connectivity index (χ4n) is 2.36. The molecule has 0 aliphatic rings. The number of fused-ring (bicyclic) bond motifs is 1. The van der Waals surface area contributed by atoms with Gasteiger partial charge in [-0.05, 0) is 29.8 Å². The third-order valence-corrected chi connectivity index (χ3v) is 3.30. The van der Waals surface area contributed by atoms with Gasteiger partial charge in [-0.2, -0.15) is 0 Å². The molecule has 0 saturated heterocycles. The molecule has 2 aromatic heterocycles. The van der Waals surface area contributed by atoms with E-state index >= 15 is 0 Å². The molecular formula is C16H11F3N2O2. The Bertz CT molecular complexity index is 839. The second-order valence-corrected chi connectivity index (χ2v) is 4.89. The molecule has 0 saturated carbocycles. The lowest BCUT2D eigenvalue weighted by Crippen LogP contribution is -2.17. The van der Waals surface area contributed by atoms with Crippen molar-refractivity contribution in [2.45, 2.75) is 12.9 Å². The van der Waals surface area contributed by atoms with Crippen molar-refractivity contribution in [2.24, 2.45) is 0 Å². The van der Waals surface area contributed by atoms with Crippen LogP contribution in [0.5, 0.6) is 5.75 Å². The lowest BCUT2D eigenvalue weighted by Gasteiger charge is -2.10. The molecule has 0 amide bonds. The highest BCUT2D eigenvalue weighted by atomic mass is 19.4. The van der Waals surface area contributed by atoms with E-state index in [0.29, 0.717) is 17.6 Å². The summed E-state index contributed by atoms with van der Waals surface area (Å²) < 4.78 is 42.1. The summed E-state index contributed by atoms with van der Waals surface area (Å²) in [5, 5.41) is 0. The van der Waals surface area contributed by atoms with Crippen LogP contribution in [0.25, 0.3) is 11.0 Å². The molecule has 118 valence electrons. The molecular weight excluding hydrogens is 309 g/mol. The second kappa shape index (κ2) is 5.75. The van der Waals surface area contributed by atoms with Gasteiger partial charge in [0.1, 0.15) is 5.75 Å². The fourth-order valence-corrected chi connectivity index (χ4v) is 2.36. The molecule has 7 heteroatoms. The molecule has 3 rings (SSSR count). The SMILES string of the molecule is O=Cc1cn(Cc2ccc(OC(F)(F)F)cc2)c2cccnc12. The molecule has 0 bridgehead atoms. The van der Waals surface area contributed by atoms with E-state index in [1.165, 1.54) is 12.1 Å². The van der Waals surface area contributed by atoms with Crippen LogP contribution in [0.4, 0.5) is 13.2 Å².